The molecule has 0 unspecified atom stereocenters. The minimum Gasteiger partial charge on any atom is -0.317 e. The molecule has 2 heterocycles. The molecule has 2 aliphatic heterocycles. The highest BCUT2D eigenvalue weighted by Gasteiger charge is 2.27. The van der Waals surface area contributed by atoms with Crippen molar-refractivity contribution in [1.82, 2.24) is 5.32 Å². The number of benzene rings is 1. The van der Waals surface area contributed by atoms with Crippen LogP contribution in [0.3, 0.4) is 0 Å². The number of hydrogen-bond acceptors (Lipinski definition) is 3. The minimum atomic E-state index is -0.00278. The molecular weight excluding hydrogens is 288 g/mol. The molecule has 0 radical (unpaired) electrons. The third-order valence-corrected chi connectivity index (χ3v) is 4.95. The van der Waals surface area contributed by atoms with E-state index >= 15 is 0 Å². The monoisotopic (exact) mass is 314 g/mol. The van der Waals surface area contributed by atoms with Crippen LogP contribution in [0.4, 0.5) is 5.69 Å². The largest absolute Gasteiger partial charge is 0.317 e. The molecule has 1 aromatic carbocycles. The van der Waals surface area contributed by atoms with Crippen LogP contribution in [0.1, 0.15) is 49.0 Å². The number of nitrogens with one attached hydrogen (secondary N) is 1. The fourth-order valence-electron chi connectivity index (χ4n) is 3.61. The summed E-state index contributed by atoms with van der Waals surface area (Å²) in [4.78, 5) is 27.0. The molecule has 1 N–H and O–H groups in total. The van der Waals surface area contributed by atoms with Gasteiger partial charge >= 0.3 is 0 Å². The molecule has 0 saturated carbocycles. The van der Waals surface area contributed by atoms with E-state index in [1.165, 1.54) is 0 Å². The van der Waals surface area contributed by atoms with Gasteiger partial charge in [-0.15, -0.1) is 0 Å². The van der Waals surface area contributed by atoms with E-state index in [4.69, 9.17) is 0 Å². The van der Waals surface area contributed by atoms with E-state index in [1.54, 1.807) is 0 Å². The summed E-state index contributed by atoms with van der Waals surface area (Å²) in [5, 5.41) is 3.30. The quantitative estimate of drug-likeness (QED) is 0.873. The van der Waals surface area contributed by atoms with Crippen LogP contribution >= 0.6 is 0 Å². The van der Waals surface area contributed by atoms with Crippen LogP contribution < -0.4 is 10.2 Å². The van der Waals surface area contributed by atoms with Gasteiger partial charge in [-0.05, 0) is 62.5 Å². The number of nitrogens with zero attached hydrogens (tertiary/aromatic N) is 1. The van der Waals surface area contributed by atoms with Crippen molar-refractivity contribution in [1.29, 1.82) is 0 Å². The molecule has 23 heavy (non-hydrogen) atoms. The highest BCUT2D eigenvalue weighted by Crippen LogP contribution is 2.30. The lowest BCUT2D eigenvalue weighted by molar-refractivity contribution is -0.121. The van der Waals surface area contributed by atoms with Crippen molar-refractivity contribution in [2.24, 2.45) is 11.8 Å². The van der Waals surface area contributed by atoms with E-state index in [1.807, 2.05) is 36.9 Å². The van der Waals surface area contributed by atoms with Gasteiger partial charge < -0.3 is 10.2 Å². The number of aryl methyl sites for hydroxylation is 1. The summed E-state index contributed by atoms with van der Waals surface area (Å²) in [6, 6.07) is 5.91. The van der Waals surface area contributed by atoms with E-state index in [9.17, 15) is 9.59 Å². The van der Waals surface area contributed by atoms with Crippen molar-refractivity contribution >= 4 is 17.4 Å². The minimum absolute atomic E-state index is 0.00278. The van der Waals surface area contributed by atoms with E-state index in [0.29, 0.717) is 0 Å². The first kappa shape index (κ1) is 16.2. The van der Waals surface area contributed by atoms with E-state index in [-0.39, 0.29) is 23.5 Å². The van der Waals surface area contributed by atoms with Gasteiger partial charge in [-0.2, -0.15) is 0 Å². The molecule has 1 amide bonds. The Kier molecular flexibility index (Phi) is 4.81. The Balaban J connectivity index is 1.84. The SMILES string of the molecule is CC(C)C(=O)N1CCCc2cc(C(=O)C3CCNCC3)ccc21. The summed E-state index contributed by atoms with van der Waals surface area (Å²) in [6.45, 7) is 6.51. The molecule has 0 aliphatic carbocycles. The summed E-state index contributed by atoms with van der Waals surface area (Å²) in [5.41, 5.74) is 2.95. The van der Waals surface area contributed by atoms with Gasteiger partial charge in [0.1, 0.15) is 0 Å². The zero-order valence-corrected chi connectivity index (χ0v) is 14.1. The van der Waals surface area contributed by atoms with Crippen LogP contribution in [-0.4, -0.2) is 31.3 Å². The lowest BCUT2D eigenvalue weighted by atomic mass is 9.88. The lowest BCUT2D eigenvalue weighted by Gasteiger charge is -2.31. The Morgan fingerprint density at radius 2 is 1.96 bits per heavy atom. The number of fused-ring (bicyclic) bond motifs is 1. The summed E-state index contributed by atoms with van der Waals surface area (Å²) in [7, 11) is 0. The van der Waals surface area contributed by atoms with Gasteiger partial charge in [0.15, 0.2) is 5.78 Å². The van der Waals surface area contributed by atoms with Crippen LogP contribution in [0.2, 0.25) is 0 Å². The van der Waals surface area contributed by atoms with Crippen molar-refractivity contribution in [2.45, 2.75) is 39.5 Å². The van der Waals surface area contributed by atoms with Crippen molar-refractivity contribution in [3.8, 4) is 0 Å². The zero-order valence-electron chi connectivity index (χ0n) is 14.1. The summed E-state index contributed by atoms with van der Waals surface area (Å²) in [5.74, 6) is 0.577. The van der Waals surface area contributed by atoms with Crippen LogP contribution in [0.15, 0.2) is 18.2 Å². The molecule has 4 heteroatoms. The number of anilines is 1. The first-order valence-electron chi connectivity index (χ1n) is 8.77. The zero-order chi connectivity index (χ0) is 16.4. The number of Topliss-reactive ketones (excluding diaryl/α,β-unsaturated/α-hetero) is 1. The molecule has 0 bridgehead atoms. The summed E-state index contributed by atoms with van der Waals surface area (Å²) >= 11 is 0. The molecule has 1 fully saturated rings. The predicted molar refractivity (Wildman–Crippen MR) is 91.9 cm³/mol. The molecule has 0 spiro atoms. The molecular formula is C19H26N2O2. The average molecular weight is 314 g/mol. The van der Waals surface area contributed by atoms with E-state index in [2.05, 4.69) is 5.32 Å². The van der Waals surface area contributed by atoms with E-state index in [0.717, 1.165) is 62.1 Å². The molecule has 2 aliphatic rings. The fraction of sp³-hybridized carbons (Fsp3) is 0.579. The van der Waals surface area contributed by atoms with Crippen molar-refractivity contribution in [3.63, 3.8) is 0 Å². The topological polar surface area (TPSA) is 49.4 Å². The van der Waals surface area contributed by atoms with Crippen molar-refractivity contribution in [2.75, 3.05) is 24.5 Å². The van der Waals surface area contributed by atoms with Crippen LogP contribution in [-0.2, 0) is 11.2 Å². The maximum Gasteiger partial charge on any atom is 0.229 e. The number of ketones is 1. The highest BCUT2D eigenvalue weighted by molar-refractivity contribution is 6.00. The first-order chi connectivity index (χ1) is 11.1. The van der Waals surface area contributed by atoms with Gasteiger partial charge in [0.25, 0.3) is 0 Å². The summed E-state index contributed by atoms with van der Waals surface area (Å²) in [6.07, 6.45) is 3.77. The van der Waals surface area contributed by atoms with Crippen LogP contribution in [0.5, 0.6) is 0 Å². The molecule has 1 aromatic rings. The number of hydrogen-bond donors (Lipinski definition) is 1. The molecule has 3 rings (SSSR count). The molecule has 124 valence electrons. The summed E-state index contributed by atoms with van der Waals surface area (Å²) < 4.78 is 0. The third-order valence-electron chi connectivity index (χ3n) is 4.95. The third kappa shape index (κ3) is 3.32. The van der Waals surface area contributed by atoms with Crippen molar-refractivity contribution in [3.05, 3.63) is 29.3 Å². The standard InChI is InChI=1S/C19H26N2O2/c1-13(2)19(23)21-11-3-4-15-12-16(5-6-17(15)21)18(22)14-7-9-20-10-8-14/h5-6,12-14,20H,3-4,7-11H2,1-2H3. The van der Waals surface area contributed by atoms with Gasteiger partial charge in [0.2, 0.25) is 5.91 Å². The Hall–Kier alpha value is -1.68. The molecule has 0 atom stereocenters. The highest BCUT2D eigenvalue weighted by atomic mass is 16.2. The maximum absolute atomic E-state index is 12.7. The second-order valence-electron chi connectivity index (χ2n) is 6.98. The number of amides is 1. The van der Waals surface area contributed by atoms with Gasteiger partial charge in [-0.3, -0.25) is 9.59 Å². The lowest BCUT2D eigenvalue weighted by Crippen LogP contribution is -2.38. The van der Waals surface area contributed by atoms with Gasteiger partial charge in [-0.25, -0.2) is 0 Å². The van der Waals surface area contributed by atoms with Crippen LogP contribution in [0, 0.1) is 11.8 Å². The van der Waals surface area contributed by atoms with Crippen LogP contribution in [0.25, 0.3) is 0 Å². The second kappa shape index (κ2) is 6.83. The average Bonchev–Trinajstić information content (AvgIpc) is 2.60. The van der Waals surface area contributed by atoms with Gasteiger partial charge in [-0.1, -0.05) is 13.8 Å². The second-order valence-corrected chi connectivity index (χ2v) is 6.98. The van der Waals surface area contributed by atoms with Gasteiger partial charge in [0, 0.05) is 29.6 Å². The number of carbonyl (C=O) groups excluding carboxylic acids is 2. The normalized spacial score (nSPS) is 18.8. The Bertz CT molecular complexity index is 603. The molecule has 1 saturated heterocycles. The van der Waals surface area contributed by atoms with E-state index < -0.39 is 0 Å². The smallest absolute Gasteiger partial charge is 0.229 e. The fourth-order valence-corrected chi connectivity index (χ4v) is 3.61. The Labute approximate surface area is 138 Å². The van der Waals surface area contributed by atoms with Crippen molar-refractivity contribution < 1.29 is 9.59 Å². The maximum atomic E-state index is 12.7. The predicted octanol–water partition coefficient (Wildman–Crippen LogP) is 2.80. The Morgan fingerprint density at radius 3 is 2.65 bits per heavy atom. The number of carbonyl (C=O) groups is 2. The number of piperidine rings is 1. The Morgan fingerprint density at radius 1 is 1.22 bits per heavy atom. The molecule has 0 aromatic heterocycles. The first-order valence-corrected chi connectivity index (χ1v) is 8.77. The molecule has 4 nitrogen and oxygen atoms in total. The number of rotatable bonds is 3. The van der Waals surface area contributed by atoms with Gasteiger partial charge in [0.05, 0.1) is 0 Å².